The molecule has 0 saturated carbocycles. The van der Waals surface area contributed by atoms with E-state index >= 15 is 0 Å². The predicted molar refractivity (Wildman–Crippen MR) is 79.8 cm³/mol. The van der Waals surface area contributed by atoms with Crippen molar-refractivity contribution < 1.29 is 9.59 Å². The zero-order valence-electron chi connectivity index (χ0n) is 11.4. The second kappa shape index (κ2) is 6.90. The first-order chi connectivity index (χ1) is 10.0. The van der Waals surface area contributed by atoms with Crippen molar-refractivity contribution in [2.24, 2.45) is 0 Å². The molecule has 2 rings (SSSR count). The van der Waals surface area contributed by atoms with Crippen LogP contribution in [0.4, 0.5) is 5.69 Å². The Morgan fingerprint density at radius 1 is 1.33 bits per heavy atom. The highest BCUT2D eigenvalue weighted by atomic mass is 35.5. The minimum absolute atomic E-state index is 0.117. The van der Waals surface area contributed by atoms with Crippen LogP contribution in [0.1, 0.15) is 24.9 Å². The fourth-order valence-corrected chi connectivity index (χ4v) is 2.04. The van der Waals surface area contributed by atoms with Crippen LogP contribution in [0.5, 0.6) is 0 Å². The zero-order valence-corrected chi connectivity index (χ0v) is 12.1. The predicted octanol–water partition coefficient (Wildman–Crippen LogP) is 2.27. The van der Waals surface area contributed by atoms with Gasteiger partial charge in [-0.05, 0) is 17.7 Å². The Labute approximate surface area is 126 Å². The lowest BCUT2D eigenvalue weighted by Gasteiger charge is -2.18. The molecule has 2 aromatic rings. The minimum atomic E-state index is -0.410. The monoisotopic (exact) mass is 306 g/mol. The summed E-state index contributed by atoms with van der Waals surface area (Å²) < 4.78 is 0. The molecule has 3 N–H and O–H groups in total. The summed E-state index contributed by atoms with van der Waals surface area (Å²) in [5.74, 6) is -0.420. The molecule has 7 heteroatoms. The van der Waals surface area contributed by atoms with Crippen LogP contribution in [0.25, 0.3) is 0 Å². The van der Waals surface area contributed by atoms with E-state index in [0.717, 1.165) is 5.56 Å². The molecule has 0 aliphatic heterocycles. The van der Waals surface area contributed by atoms with Gasteiger partial charge in [0.2, 0.25) is 11.8 Å². The molecule has 21 heavy (non-hydrogen) atoms. The summed E-state index contributed by atoms with van der Waals surface area (Å²) in [5.41, 5.74) is 1.40. The molecule has 1 aromatic carbocycles. The highest BCUT2D eigenvalue weighted by Gasteiger charge is 2.17. The number of carbonyl (C=O) groups excluding carboxylic acids is 2. The number of nitrogens with zero attached hydrogens (tertiary/aromatic N) is 1. The van der Waals surface area contributed by atoms with Crippen LogP contribution in [0.3, 0.4) is 0 Å². The van der Waals surface area contributed by atoms with Gasteiger partial charge in [0.1, 0.15) is 0 Å². The molecular weight excluding hydrogens is 292 g/mol. The molecule has 1 atom stereocenters. The lowest BCUT2D eigenvalue weighted by molar-refractivity contribution is -0.120. The number of nitrogens with one attached hydrogen (secondary N) is 3. The molecular formula is C14H15ClN4O2. The molecule has 2 amide bonds. The van der Waals surface area contributed by atoms with Gasteiger partial charge in [0.05, 0.1) is 24.3 Å². The van der Waals surface area contributed by atoms with Crippen LogP contribution in [0.2, 0.25) is 5.02 Å². The van der Waals surface area contributed by atoms with Crippen molar-refractivity contribution in [2.75, 3.05) is 5.32 Å². The maximum atomic E-state index is 12.0. The van der Waals surface area contributed by atoms with Gasteiger partial charge in [-0.3, -0.25) is 14.7 Å². The van der Waals surface area contributed by atoms with Gasteiger partial charge in [0.15, 0.2) is 0 Å². The van der Waals surface area contributed by atoms with E-state index in [2.05, 4.69) is 20.8 Å². The van der Waals surface area contributed by atoms with E-state index in [1.807, 2.05) is 0 Å². The van der Waals surface area contributed by atoms with Gasteiger partial charge in [0.25, 0.3) is 0 Å². The van der Waals surface area contributed by atoms with E-state index in [4.69, 9.17) is 11.6 Å². The molecule has 0 unspecified atom stereocenters. The van der Waals surface area contributed by atoms with E-state index < -0.39 is 6.04 Å². The van der Waals surface area contributed by atoms with Gasteiger partial charge in [-0.2, -0.15) is 5.10 Å². The first-order valence-corrected chi connectivity index (χ1v) is 6.73. The molecule has 0 bridgehead atoms. The van der Waals surface area contributed by atoms with Crippen LogP contribution in [-0.2, 0) is 9.59 Å². The number of halogens is 1. The summed E-state index contributed by atoms with van der Waals surface area (Å²) in [5, 5.41) is 12.4. The van der Waals surface area contributed by atoms with Gasteiger partial charge >= 0.3 is 0 Å². The summed E-state index contributed by atoms with van der Waals surface area (Å²) in [6, 6.07) is 6.60. The summed E-state index contributed by atoms with van der Waals surface area (Å²) in [7, 11) is 0. The summed E-state index contributed by atoms with van der Waals surface area (Å²) in [6.07, 6.45) is 3.20. The molecule has 0 aliphatic carbocycles. The van der Waals surface area contributed by atoms with Gasteiger partial charge < -0.3 is 10.6 Å². The summed E-state index contributed by atoms with van der Waals surface area (Å²) in [4.78, 5) is 23.3. The summed E-state index contributed by atoms with van der Waals surface area (Å²) >= 11 is 5.85. The number of carbonyl (C=O) groups is 2. The third-order valence-electron chi connectivity index (χ3n) is 2.82. The molecule has 1 heterocycles. The molecule has 1 aromatic heterocycles. The van der Waals surface area contributed by atoms with Crippen molar-refractivity contribution in [2.45, 2.75) is 19.4 Å². The second-order valence-electron chi connectivity index (χ2n) is 4.54. The third kappa shape index (κ3) is 4.61. The van der Waals surface area contributed by atoms with Crippen molar-refractivity contribution in [3.05, 3.63) is 47.2 Å². The standard InChI is InChI=1S/C14H15ClN4O2/c1-9(20)18-13(10-2-4-11(15)5-3-10)6-14(21)19-12-7-16-17-8-12/h2-5,7-8,13H,6H2,1H3,(H,16,17)(H,18,20)(H,19,21)/t13-/m1/s1. The quantitative estimate of drug-likeness (QED) is 0.792. The number of aromatic amines is 1. The topological polar surface area (TPSA) is 86.9 Å². The number of hydrogen-bond acceptors (Lipinski definition) is 3. The van der Waals surface area contributed by atoms with Gasteiger partial charge in [-0.15, -0.1) is 0 Å². The third-order valence-corrected chi connectivity index (χ3v) is 3.07. The first kappa shape index (κ1) is 15.1. The van der Waals surface area contributed by atoms with Crippen molar-refractivity contribution in [1.82, 2.24) is 15.5 Å². The zero-order chi connectivity index (χ0) is 15.2. The number of anilines is 1. The average Bonchev–Trinajstić information content (AvgIpc) is 2.91. The van der Waals surface area contributed by atoms with E-state index in [-0.39, 0.29) is 18.2 Å². The van der Waals surface area contributed by atoms with E-state index in [0.29, 0.717) is 10.7 Å². The number of hydrogen-bond donors (Lipinski definition) is 3. The lowest BCUT2D eigenvalue weighted by atomic mass is 10.0. The highest BCUT2D eigenvalue weighted by Crippen LogP contribution is 2.20. The van der Waals surface area contributed by atoms with Crippen LogP contribution >= 0.6 is 11.6 Å². The fraction of sp³-hybridized carbons (Fsp3) is 0.214. The summed E-state index contributed by atoms with van der Waals surface area (Å²) in [6.45, 7) is 1.41. The second-order valence-corrected chi connectivity index (χ2v) is 4.98. The Morgan fingerprint density at radius 2 is 2.05 bits per heavy atom. The van der Waals surface area contributed by atoms with Gasteiger partial charge in [-0.25, -0.2) is 0 Å². The first-order valence-electron chi connectivity index (χ1n) is 6.36. The Morgan fingerprint density at radius 3 is 2.62 bits per heavy atom. The van der Waals surface area contributed by atoms with Crippen LogP contribution < -0.4 is 10.6 Å². The van der Waals surface area contributed by atoms with Crippen LogP contribution in [-0.4, -0.2) is 22.0 Å². The Bertz CT molecular complexity index is 610. The number of aromatic nitrogens is 2. The average molecular weight is 307 g/mol. The van der Waals surface area contributed by atoms with Crippen molar-refractivity contribution in [3.63, 3.8) is 0 Å². The molecule has 6 nitrogen and oxygen atoms in total. The molecule has 0 fully saturated rings. The smallest absolute Gasteiger partial charge is 0.226 e. The van der Waals surface area contributed by atoms with Crippen molar-refractivity contribution >= 4 is 29.1 Å². The van der Waals surface area contributed by atoms with Crippen molar-refractivity contribution in [1.29, 1.82) is 0 Å². The van der Waals surface area contributed by atoms with Crippen molar-refractivity contribution in [3.8, 4) is 0 Å². The van der Waals surface area contributed by atoms with E-state index in [1.165, 1.54) is 13.1 Å². The highest BCUT2D eigenvalue weighted by molar-refractivity contribution is 6.30. The number of rotatable bonds is 5. The SMILES string of the molecule is CC(=O)N[C@H](CC(=O)Nc1cn[nH]c1)c1ccc(Cl)cc1. The van der Waals surface area contributed by atoms with Crippen LogP contribution in [0, 0.1) is 0 Å². The fourth-order valence-electron chi connectivity index (χ4n) is 1.91. The lowest BCUT2D eigenvalue weighted by Crippen LogP contribution is -2.29. The molecule has 0 spiro atoms. The number of H-pyrrole nitrogens is 1. The van der Waals surface area contributed by atoms with E-state index in [1.54, 1.807) is 30.5 Å². The molecule has 0 aliphatic rings. The largest absolute Gasteiger partial charge is 0.349 e. The Hall–Kier alpha value is -2.34. The van der Waals surface area contributed by atoms with Gasteiger partial charge in [-0.1, -0.05) is 23.7 Å². The number of benzene rings is 1. The maximum Gasteiger partial charge on any atom is 0.226 e. The Kier molecular flexibility index (Phi) is 4.94. The Balaban J connectivity index is 2.07. The van der Waals surface area contributed by atoms with Gasteiger partial charge in [0, 0.05) is 18.1 Å². The van der Waals surface area contributed by atoms with E-state index in [9.17, 15) is 9.59 Å². The maximum absolute atomic E-state index is 12.0. The molecule has 110 valence electrons. The molecule has 0 radical (unpaired) electrons. The van der Waals surface area contributed by atoms with Crippen LogP contribution in [0.15, 0.2) is 36.7 Å². The normalized spacial score (nSPS) is 11.7. The molecule has 0 saturated heterocycles. The number of amides is 2. The minimum Gasteiger partial charge on any atom is -0.349 e.